The van der Waals surface area contributed by atoms with Crippen LogP contribution in [0, 0.1) is 5.82 Å². The van der Waals surface area contributed by atoms with Gasteiger partial charge in [-0.2, -0.15) is 0 Å². The number of benzene rings is 2. The number of hydrogen-bond donors (Lipinski definition) is 2. The number of halogens is 3. The fraction of sp³-hybridized carbons (Fsp3) is 0.0714. The molecule has 2 rings (SSSR count). The van der Waals surface area contributed by atoms with Crippen LogP contribution in [0.15, 0.2) is 46.9 Å². The van der Waals surface area contributed by atoms with Crippen LogP contribution in [0.3, 0.4) is 0 Å². The molecule has 0 atom stereocenters. The maximum Gasteiger partial charge on any atom is 0.319 e. The lowest BCUT2D eigenvalue weighted by molar-refractivity contribution is 0.251. The van der Waals surface area contributed by atoms with Crippen LogP contribution in [0.25, 0.3) is 0 Å². The molecule has 0 unspecified atom stereocenters. The van der Waals surface area contributed by atoms with Crippen LogP contribution in [0.2, 0.25) is 5.02 Å². The molecule has 0 aliphatic carbocycles. The molecule has 0 radical (unpaired) electrons. The lowest BCUT2D eigenvalue weighted by Gasteiger charge is -2.10. The maximum absolute atomic E-state index is 13.5. The fourth-order valence-electron chi connectivity index (χ4n) is 1.59. The van der Waals surface area contributed by atoms with Gasteiger partial charge in [-0.1, -0.05) is 51.8 Å². The third-order valence-electron chi connectivity index (χ3n) is 2.60. The van der Waals surface area contributed by atoms with Gasteiger partial charge in [-0.15, -0.1) is 0 Å². The molecule has 0 aliphatic heterocycles. The lowest BCUT2D eigenvalue weighted by Crippen LogP contribution is -2.28. The van der Waals surface area contributed by atoms with E-state index < -0.39 is 11.8 Å². The number of urea groups is 1. The Hall–Kier alpha value is -1.59. The van der Waals surface area contributed by atoms with Gasteiger partial charge in [0, 0.05) is 11.0 Å². The highest BCUT2D eigenvalue weighted by Gasteiger charge is 2.10. The smallest absolute Gasteiger partial charge is 0.319 e. The summed E-state index contributed by atoms with van der Waals surface area (Å²) in [5.74, 6) is -0.575. The van der Waals surface area contributed by atoms with Crippen molar-refractivity contribution in [1.82, 2.24) is 5.32 Å². The van der Waals surface area contributed by atoms with Crippen LogP contribution in [0.4, 0.5) is 14.9 Å². The zero-order chi connectivity index (χ0) is 14.5. The van der Waals surface area contributed by atoms with Crippen LogP contribution in [0.1, 0.15) is 5.56 Å². The summed E-state index contributed by atoms with van der Waals surface area (Å²) in [7, 11) is 0. The molecular formula is C14H11BrClFN2O. The zero-order valence-corrected chi connectivity index (χ0v) is 12.6. The second-order valence-corrected chi connectivity index (χ2v) is 5.26. The molecule has 0 saturated heterocycles. The van der Waals surface area contributed by atoms with Gasteiger partial charge in [0.05, 0.1) is 10.7 Å². The first-order valence-corrected chi connectivity index (χ1v) is 6.97. The van der Waals surface area contributed by atoms with Crippen molar-refractivity contribution in [2.45, 2.75) is 6.54 Å². The van der Waals surface area contributed by atoms with Crippen LogP contribution in [-0.2, 0) is 6.54 Å². The molecule has 2 N–H and O–H groups in total. The van der Waals surface area contributed by atoms with Crippen molar-refractivity contribution in [3.63, 3.8) is 0 Å². The predicted molar refractivity (Wildman–Crippen MR) is 81.4 cm³/mol. The number of para-hydroxylation sites is 1. The molecule has 0 bridgehead atoms. The number of hydrogen-bond acceptors (Lipinski definition) is 1. The van der Waals surface area contributed by atoms with E-state index in [1.807, 2.05) is 24.3 Å². The minimum absolute atomic E-state index is 0.0289. The second kappa shape index (κ2) is 6.72. The van der Waals surface area contributed by atoms with Gasteiger partial charge in [-0.05, 0) is 23.8 Å². The first-order chi connectivity index (χ1) is 9.58. The number of amides is 2. The Balaban J connectivity index is 1.98. The van der Waals surface area contributed by atoms with Crippen LogP contribution < -0.4 is 10.6 Å². The van der Waals surface area contributed by atoms with E-state index in [9.17, 15) is 9.18 Å². The molecule has 0 saturated carbocycles. The number of rotatable bonds is 3. The van der Waals surface area contributed by atoms with Crippen LogP contribution in [-0.4, -0.2) is 6.03 Å². The van der Waals surface area contributed by atoms with E-state index in [0.717, 1.165) is 10.0 Å². The molecule has 2 aromatic carbocycles. The summed E-state index contributed by atoms with van der Waals surface area (Å²) in [6.45, 7) is 0.319. The molecule has 20 heavy (non-hydrogen) atoms. The quantitative estimate of drug-likeness (QED) is 0.830. The molecule has 3 nitrogen and oxygen atoms in total. The number of anilines is 1. The largest absolute Gasteiger partial charge is 0.334 e. The number of carbonyl (C=O) groups is 1. The van der Waals surface area contributed by atoms with Gasteiger partial charge in [-0.3, -0.25) is 0 Å². The Morgan fingerprint density at radius 2 is 1.95 bits per heavy atom. The predicted octanol–water partition coefficient (Wildman–Crippen LogP) is 4.56. The highest BCUT2D eigenvalue weighted by atomic mass is 79.9. The van der Waals surface area contributed by atoms with E-state index in [4.69, 9.17) is 11.6 Å². The first kappa shape index (κ1) is 14.8. The highest BCUT2D eigenvalue weighted by Crippen LogP contribution is 2.24. The van der Waals surface area contributed by atoms with Gasteiger partial charge in [0.15, 0.2) is 0 Å². The van der Waals surface area contributed by atoms with Gasteiger partial charge in [0.1, 0.15) is 5.82 Å². The summed E-state index contributed by atoms with van der Waals surface area (Å²) in [4.78, 5) is 11.7. The number of nitrogens with one attached hydrogen (secondary N) is 2. The monoisotopic (exact) mass is 356 g/mol. The van der Waals surface area contributed by atoms with Crippen LogP contribution in [0.5, 0.6) is 0 Å². The summed E-state index contributed by atoms with van der Waals surface area (Å²) in [6, 6.07) is 11.2. The van der Waals surface area contributed by atoms with E-state index in [1.165, 1.54) is 18.2 Å². The van der Waals surface area contributed by atoms with Gasteiger partial charge >= 0.3 is 6.03 Å². The third-order valence-corrected chi connectivity index (χ3v) is 3.69. The molecule has 2 aromatic rings. The van der Waals surface area contributed by atoms with Crippen molar-refractivity contribution in [2.24, 2.45) is 0 Å². The van der Waals surface area contributed by atoms with E-state index >= 15 is 0 Å². The van der Waals surface area contributed by atoms with Crippen molar-refractivity contribution < 1.29 is 9.18 Å². The van der Waals surface area contributed by atoms with E-state index in [1.54, 1.807) is 0 Å². The van der Waals surface area contributed by atoms with Crippen molar-refractivity contribution in [3.8, 4) is 0 Å². The van der Waals surface area contributed by atoms with Gasteiger partial charge in [-0.25, -0.2) is 9.18 Å². The molecular weight excluding hydrogens is 347 g/mol. The van der Waals surface area contributed by atoms with Gasteiger partial charge < -0.3 is 10.6 Å². The SMILES string of the molecule is O=C(NCc1ccccc1Br)Nc1c(F)cccc1Cl. The fourth-order valence-corrected chi connectivity index (χ4v) is 2.23. The topological polar surface area (TPSA) is 41.1 Å². The molecule has 0 aromatic heterocycles. The molecule has 2 amide bonds. The Bertz CT molecular complexity index is 616. The minimum atomic E-state index is -0.575. The molecule has 6 heteroatoms. The second-order valence-electron chi connectivity index (χ2n) is 4.00. The molecule has 0 heterocycles. The average molecular weight is 358 g/mol. The molecule has 104 valence electrons. The van der Waals surface area contributed by atoms with Crippen molar-refractivity contribution in [2.75, 3.05) is 5.32 Å². The van der Waals surface area contributed by atoms with Crippen LogP contribution >= 0.6 is 27.5 Å². The average Bonchev–Trinajstić information content (AvgIpc) is 2.42. The standard InChI is InChI=1S/C14H11BrClFN2O/c15-10-5-2-1-4-9(10)8-18-14(20)19-13-11(16)6-3-7-12(13)17/h1-7H,8H2,(H2,18,19,20). The van der Waals surface area contributed by atoms with Crippen molar-refractivity contribution in [3.05, 3.63) is 63.3 Å². The van der Waals surface area contributed by atoms with E-state index in [2.05, 4.69) is 26.6 Å². The van der Waals surface area contributed by atoms with E-state index in [-0.39, 0.29) is 10.7 Å². The van der Waals surface area contributed by atoms with Crippen molar-refractivity contribution >= 4 is 39.2 Å². The van der Waals surface area contributed by atoms with Crippen molar-refractivity contribution in [1.29, 1.82) is 0 Å². The molecule has 0 spiro atoms. The van der Waals surface area contributed by atoms with Gasteiger partial charge in [0.2, 0.25) is 0 Å². The Kier molecular flexibility index (Phi) is 4.98. The summed E-state index contributed by atoms with van der Waals surface area (Å²) in [5.41, 5.74) is 0.890. The maximum atomic E-state index is 13.5. The third kappa shape index (κ3) is 3.71. The highest BCUT2D eigenvalue weighted by molar-refractivity contribution is 9.10. The normalized spacial score (nSPS) is 10.2. The Labute approximate surface area is 129 Å². The summed E-state index contributed by atoms with van der Waals surface area (Å²) in [6.07, 6.45) is 0. The molecule has 0 aliphatic rings. The summed E-state index contributed by atoms with van der Waals surface area (Å²) < 4.78 is 14.4. The van der Waals surface area contributed by atoms with Gasteiger partial charge in [0.25, 0.3) is 0 Å². The first-order valence-electron chi connectivity index (χ1n) is 5.80. The zero-order valence-electron chi connectivity index (χ0n) is 10.3. The summed E-state index contributed by atoms with van der Waals surface area (Å²) in [5, 5.41) is 5.19. The Morgan fingerprint density at radius 3 is 2.65 bits per heavy atom. The molecule has 0 fully saturated rings. The Morgan fingerprint density at radius 1 is 1.20 bits per heavy atom. The lowest BCUT2D eigenvalue weighted by atomic mass is 10.2. The van der Waals surface area contributed by atoms with E-state index in [0.29, 0.717) is 6.54 Å². The summed E-state index contributed by atoms with van der Waals surface area (Å²) >= 11 is 9.21. The minimum Gasteiger partial charge on any atom is -0.334 e. The number of carbonyl (C=O) groups excluding carboxylic acids is 1.